The molecule has 0 aliphatic heterocycles. The Labute approximate surface area is 137 Å². The molecule has 1 fully saturated rings. The summed E-state index contributed by atoms with van der Waals surface area (Å²) in [5.74, 6) is -1.85. The lowest BCUT2D eigenvalue weighted by Gasteiger charge is -2.11. The van der Waals surface area contributed by atoms with Crippen molar-refractivity contribution in [1.82, 2.24) is 5.32 Å². The first-order valence-corrected chi connectivity index (χ1v) is 7.28. The Morgan fingerprint density at radius 1 is 1.29 bits per heavy atom. The van der Waals surface area contributed by atoms with Crippen LogP contribution in [0, 0.1) is 22.0 Å². The second-order valence-electron chi connectivity index (χ2n) is 5.42. The van der Waals surface area contributed by atoms with Gasteiger partial charge in [-0.3, -0.25) is 19.7 Å². The molecule has 2 rings (SSSR count). The molecule has 0 radical (unpaired) electrons. The average Bonchev–Trinajstić information content (AvgIpc) is 3.34. The van der Waals surface area contributed by atoms with Gasteiger partial charge < -0.3 is 19.9 Å². The van der Waals surface area contributed by atoms with Crippen LogP contribution in [-0.2, 0) is 16.0 Å². The Morgan fingerprint density at radius 3 is 2.42 bits per heavy atom. The van der Waals surface area contributed by atoms with Crippen LogP contribution < -0.4 is 14.8 Å². The average molecular weight is 338 g/mol. The van der Waals surface area contributed by atoms with E-state index in [2.05, 4.69) is 5.32 Å². The zero-order chi connectivity index (χ0) is 17.9. The van der Waals surface area contributed by atoms with E-state index in [9.17, 15) is 19.7 Å². The van der Waals surface area contributed by atoms with Crippen LogP contribution in [0.5, 0.6) is 11.5 Å². The molecule has 24 heavy (non-hydrogen) atoms. The summed E-state index contributed by atoms with van der Waals surface area (Å²) in [7, 11) is 2.81. The van der Waals surface area contributed by atoms with Crippen molar-refractivity contribution in [1.29, 1.82) is 0 Å². The number of nitrogens with one attached hydrogen (secondary N) is 1. The molecule has 1 aliphatic rings. The molecule has 9 nitrogen and oxygen atoms in total. The molecule has 0 saturated heterocycles. The van der Waals surface area contributed by atoms with Crippen LogP contribution in [0.25, 0.3) is 0 Å². The number of benzene rings is 1. The summed E-state index contributed by atoms with van der Waals surface area (Å²) in [4.78, 5) is 33.2. The number of ether oxygens (including phenoxy) is 2. The molecule has 1 amide bonds. The fourth-order valence-electron chi connectivity index (χ4n) is 2.49. The standard InChI is InChI=1S/C15H18N2O7/c1-23-12-5-8(11(17(21)22)7-13(12)24-2)3-4-16-14(18)9-6-10(9)15(19)20/h5,7,9-10H,3-4,6H2,1-2H3,(H,16,18)(H,19,20). The summed E-state index contributed by atoms with van der Waals surface area (Å²) in [6.45, 7) is 0.165. The van der Waals surface area contributed by atoms with Gasteiger partial charge >= 0.3 is 5.97 Å². The number of carboxylic acid groups (broad SMARTS) is 1. The van der Waals surface area contributed by atoms with Crippen LogP contribution in [0.1, 0.15) is 12.0 Å². The van der Waals surface area contributed by atoms with Gasteiger partial charge in [0.25, 0.3) is 5.69 Å². The number of hydrogen-bond acceptors (Lipinski definition) is 6. The second kappa shape index (κ2) is 7.16. The summed E-state index contributed by atoms with van der Waals surface area (Å²) in [6.07, 6.45) is 0.546. The van der Waals surface area contributed by atoms with E-state index in [4.69, 9.17) is 14.6 Å². The topological polar surface area (TPSA) is 128 Å². The Hall–Kier alpha value is -2.84. The largest absolute Gasteiger partial charge is 0.493 e. The normalized spacial score (nSPS) is 18.6. The lowest BCUT2D eigenvalue weighted by molar-refractivity contribution is -0.385. The van der Waals surface area contributed by atoms with Crippen LogP contribution in [0.2, 0.25) is 0 Å². The molecule has 9 heteroatoms. The summed E-state index contributed by atoms with van der Waals surface area (Å²) in [6, 6.07) is 2.78. The fraction of sp³-hybridized carbons (Fsp3) is 0.467. The highest BCUT2D eigenvalue weighted by Gasteiger charge is 2.48. The van der Waals surface area contributed by atoms with Gasteiger partial charge in [0.05, 0.1) is 37.0 Å². The number of carboxylic acids is 1. The van der Waals surface area contributed by atoms with Crippen molar-refractivity contribution in [3.05, 3.63) is 27.8 Å². The highest BCUT2D eigenvalue weighted by molar-refractivity contribution is 5.89. The molecule has 2 atom stereocenters. The summed E-state index contributed by atoms with van der Waals surface area (Å²) >= 11 is 0. The smallest absolute Gasteiger partial charge is 0.307 e. The minimum atomic E-state index is -0.981. The maximum absolute atomic E-state index is 11.8. The van der Waals surface area contributed by atoms with Gasteiger partial charge in [-0.05, 0) is 18.9 Å². The van der Waals surface area contributed by atoms with Crippen LogP contribution >= 0.6 is 0 Å². The maximum atomic E-state index is 11.8. The molecular weight excluding hydrogens is 320 g/mol. The zero-order valence-corrected chi connectivity index (χ0v) is 13.3. The van der Waals surface area contributed by atoms with Gasteiger partial charge in [-0.15, -0.1) is 0 Å². The van der Waals surface area contributed by atoms with Crippen LogP contribution in [0.4, 0.5) is 5.69 Å². The molecule has 1 saturated carbocycles. The maximum Gasteiger partial charge on any atom is 0.307 e. The van der Waals surface area contributed by atoms with E-state index in [1.807, 2.05) is 0 Å². The van der Waals surface area contributed by atoms with Crippen molar-refractivity contribution in [3.8, 4) is 11.5 Å². The van der Waals surface area contributed by atoms with Crippen molar-refractivity contribution in [2.75, 3.05) is 20.8 Å². The summed E-state index contributed by atoms with van der Waals surface area (Å²) < 4.78 is 10.2. The first-order valence-electron chi connectivity index (χ1n) is 7.28. The van der Waals surface area contributed by atoms with Gasteiger partial charge in [0.15, 0.2) is 11.5 Å². The lowest BCUT2D eigenvalue weighted by Crippen LogP contribution is -2.28. The van der Waals surface area contributed by atoms with Crippen molar-refractivity contribution in [2.24, 2.45) is 11.8 Å². The van der Waals surface area contributed by atoms with Gasteiger partial charge in [-0.1, -0.05) is 0 Å². The third-order valence-corrected chi connectivity index (χ3v) is 3.92. The molecule has 1 aromatic rings. The van der Waals surface area contributed by atoms with Gasteiger partial charge in [0, 0.05) is 12.1 Å². The number of rotatable bonds is 8. The number of nitro groups is 1. The van der Waals surface area contributed by atoms with E-state index in [1.54, 1.807) is 0 Å². The third kappa shape index (κ3) is 3.73. The number of nitrogens with zero attached hydrogens (tertiary/aromatic N) is 1. The number of carbonyl (C=O) groups is 2. The molecular formula is C15H18N2O7. The van der Waals surface area contributed by atoms with E-state index < -0.39 is 22.7 Å². The number of nitro benzene ring substituents is 1. The van der Waals surface area contributed by atoms with Crippen LogP contribution in [0.3, 0.4) is 0 Å². The first-order chi connectivity index (χ1) is 11.4. The Bertz CT molecular complexity index is 674. The highest BCUT2D eigenvalue weighted by Crippen LogP contribution is 2.38. The molecule has 0 heterocycles. The van der Waals surface area contributed by atoms with Crippen LogP contribution in [-0.4, -0.2) is 42.7 Å². The highest BCUT2D eigenvalue weighted by atomic mass is 16.6. The monoisotopic (exact) mass is 338 g/mol. The number of aliphatic carboxylic acids is 1. The van der Waals surface area contributed by atoms with E-state index in [0.29, 0.717) is 17.7 Å². The van der Waals surface area contributed by atoms with Gasteiger partial charge in [0.2, 0.25) is 5.91 Å². The number of amides is 1. The Kier molecular flexibility index (Phi) is 5.22. The number of hydrogen-bond donors (Lipinski definition) is 2. The molecule has 2 unspecified atom stereocenters. The van der Waals surface area contributed by atoms with Crippen molar-refractivity contribution in [2.45, 2.75) is 12.8 Å². The second-order valence-corrected chi connectivity index (χ2v) is 5.42. The first kappa shape index (κ1) is 17.5. The number of methoxy groups -OCH3 is 2. The van der Waals surface area contributed by atoms with Gasteiger partial charge in [0.1, 0.15) is 0 Å². The molecule has 0 spiro atoms. The SMILES string of the molecule is COc1cc(CCNC(=O)C2CC2C(=O)O)c([N+](=O)[O-])cc1OC. The summed E-state index contributed by atoms with van der Waals surface area (Å²) in [5, 5.41) is 22.6. The van der Waals surface area contributed by atoms with Crippen molar-refractivity contribution in [3.63, 3.8) is 0 Å². The van der Waals surface area contributed by atoms with Crippen LogP contribution in [0.15, 0.2) is 12.1 Å². The van der Waals surface area contributed by atoms with E-state index in [1.165, 1.54) is 26.4 Å². The fourth-order valence-corrected chi connectivity index (χ4v) is 2.49. The third-order valence-electron chi connectivity index (χ3n) is 3.92. The molecule has 1 aromatic carbocycles. The minimum absolute atomic E-state index is 0.128. The van der Waals surface area contributed by atoms with Crippen molar-refractivity contribution >= 4 is 17.6 Å². The molecule has 0 bridgehead atoms. The lowest BCUT2D eigenvalue weighted by atomic mass is 10.1. The van der Waals surface area contributed by atoms with Crippen molar-refractivity contribution < 1.29 is 29.1 Å². The quantitative estimate of drug-likeness (QED) is 0.534. The Balaban J connectivity index is 2.02. The summed E-state index contributed by atoms with van der Waals surface area (Å²) in [5.41, 5.74) is 0.264. The van der Waals surface area contributed by atoms with E-state index in [-0.39, 0.29) is 30.3 Å². The zero-order valence-electron chi connectivity index (χ0n) is 13.3. The molecule has 0 aromatic heterocycles. The number of carbonyl (C=O) groups excluding carboxylic acids is 1. The predicted octanol–water partition coefficient (Wildman–Crippen LogP) is 0.991. The molecule has 130 valence electrons. The Morgan fingerprint density at radius 2 is 1.92 bits per heavy atom. The predicted molar refractivity (Wildman–Crippen MR) is 82.1 cm³/mol. The van der Waals surface area contributed by atoms with E-state index in [0.717, 1.165) is 0 Å². The molecule has 2 N–H and O–H groups in total. The van der Waals surface area contributed by atoms with Gasteiger partial charge in [-0.25, -0.2) is 0 Å². The van der Waals surface area contributed by atoms with E-state index >= 15 is 0 Å². The minimum Gasteiger partial charge on any atom is -0.493 e. The molecule has 1 aliphatic carbocycles. The van der Waals surface area contributed by atoms with Gasteiger partial charge in [-0.2, -0.15) is 0 Å².